The number of hydrogen-bond acceptors (Lipinski definition) is 4. The summed E-state index contributed by atoms with van der Waals surface area (Å²) in [5.74, 6) is 1.52. The zero-order valence-corrected chi connectivity index (χ0v) is 24.4. The van der Waals surface area contributed by atoms with Gasteiger partial charge in [-0.1, -0.05) is 74.5 Å². The Morgan fingerprint density at radius 2 is 1.59 bits per heavy atom. The van der Waals surface area contributed by atoms with Crippen molar-refractivity contribution in [2.24, 2.45) is 0 Å². The van der Waals surface area contributed by atoms with Crippen LogP contribution in [-0.2, 0) is 19.6 Å². The molecule has 3 aromatic carbocycles. The lowest BCUT2D eigenvalue weighted by atomic mass is 9.69. The molecule has 2 atom stereocenters. The Morgan fingerprint density at radius 1 is 0.927 bits per heavy atom. The van der Waals surface area contributed by atoms with Crippen LogP contribution in [0.3, 0.4) is 0 Å². The summed E-state index contributed by atoms with van der Waals surface area (Å²) in [4.78, 5) is 8.18. The predicted octanol–water partition coefficient (Wildman–Crippen LogP) is 9.30. The summed E-state index contributed by atoms with van der Waals surface area (Å²) < 4.78 is 18.8. The van der Waals surface area contributed by atoms with E-state index in [-0.39, 0.29) is 18.3 Å². The molecule has 0 aliphatic heterocycles. The number of fused-ring (bicyclic) bond motifs is 1. The molecule has 216 valence electrons. The highest BCUT2D eigenvalue weighted by atomic mass is 19.3. The topological polar surface area (TPSA) is 51.6 Å². The van der Waals surface area contributed by atoms with Crippen molar-refractivity contribution in [1.29, 1.82) is 0 Å². The monoisotopic (exact) mass is 555 g/mol. The molecule has 1 N–H and O–H groups in total. The van der Waals surface area contributed by atoms with E-state index in [4.69, 9.17) is 9.84 Å². The van der Waals surface area contributed by atoms with E-state index in [0.717, 1.165) is 29.7 Å². The van der Waals surface area contributed by atoms with Crippen molar-refractivity contribution in [3.05, 3.63) is 150 Å². The molecular formula is C36H42FNO3. The van der Waals surface area contributed by atoms with Crippen LogP contribution in [-0.4, -0.2) is 10.1 Å². The third-order valence-electron chi connectivity index (χ3n) is 6.59. The average molecular weight is 556 g/mol. The first-order chi connectivity index (χ1) is 20.2. The standard InChI is InChI=1S/C29H26FNO3.C3H6.C2H6.C2H4/c30-34-26-13-15-28-23(16-26)9-14-27(21-4-2-1-3-5-21)29(28)22-7-11-25(12-8-22)33-19-20-6-10-24(18-32)31-17-20;1-3-2;2*1-2/h1-8,10-13,15-17,27,29,32H,9,14,18-19H2;3H,1H2,2H3;1-2H3;1-2H2/t27-,29?;;;/m1.../s1. The molecule has 0 bridgehead atoms. The van der Waals surface area contributed by atoms with E-state index in [0.29, 0.717) is 18.2 Å². The van der Waals surface area contributed by atoms with Gasteiger partial charge in [0.1, 0.15) is 12.4 Å². The maximum atomic E-state index is 12.8. The number of aromatic nitrogens is 1. The van der Waals surface area contributed by atoms with Gasteiger partial charge >= 0.3 is 0 Å². The number of hydrogen-bond donors (Lipinski definition) is 1. The van der Waals surface area contributed by atoms with Crippen molar-refractivity contribution < 1.29 is 19.3 Å². The summed E-state index contributed by atoms with van der Waals surface area (Å²) >= 11 is 0. The lowest BCUT2D eigenvalue weighted by Gasteiger charge is -2.34. The van der Waals surface area contributed by atoms with Gasteiger partial charge in [0.25, 0.3) is 0 Å². The number of halogens is 1. The molecule has 1 aliphatic rings. The Balaban J connectivity index is 0.000000775. The van der Waals surface area contributed by atoms with Gasteiger partial charge in [-0.15, -0.1) is 19.7 Å². The molecule has 41 heavy (non-hydrogen) atoms. The third-order valence-corrected chi connectivity index (χ3v) is 6.59. The van der Waals surface area contributed by atoms with Crippen LogP contribution in [0.25, 0.3) is 0 Å². The lowest BCUT2D eigenvalue weighted by Crippen LogP contribution is -2.20. The van der Waals surface area contributed by atoms with Crippen LogP contribution < -0.4 is 9.68 Å². The lowest BCUT2D eigenvalue weighted by molar-refractivity contribution is -0.00634. The Kier molecular flexibility index (Phi) is 14.6. The first-order valence-electron chi connectivity index (χ1n) is 14.0. The van der Waals surface area contributed by atoms with Gasteiger partial charge in [-0.3, -0.25) is 9.93 Å². The maximum Gasteiger partial charge on any atom is 0.172 e. The molecule has 1 aliphatic carbocycles. The number of allylic oxidation sites excluding steroid dienone is 1. The molecule has 0 spiro atoms. The summed E-state index contributed by atoms with van der Waals surface area (Å²) in [7, 11) is 0. The second-order valence-electron chi connectivity index (χ2n) is 9.05. The third kappa shape index (κ3) is 9.16. The van der Waals surface area contributed by atoms with Gasteiger partial charge in [0.15, 0.2) is 5.75 Å². The second kappa shape index (κ2) is 18.2. The molecule has 5 rings (SSSR count). The van der Waals surface area contributed by atoms with Crippen LogP contribution in [0.15, 0.2) is 117 Å². The summed E-state index contributed by atoms with van der Waals surface area (Å²) in [6.07, 6.45) is 5.33. The van der Waals surface area contributed by atoms with Crippen LogP contribution in [0.4, 0.5) is 4.53 Å². The maximum absolute atomic E-state index is 12.8. The number of pyridine rings is 1. The Bertz CT molecular complexity index is 1290. The average Bonchev–Trinajstić information content (AvgIpc) is 3.06. The van der Waals surface area contributed by atoms with Crippen molar-refractivity contribution in [3.8, 4) is 11.5 Å². The van der Waals surface area contributed by atoms with Gasteiger partial charge in [0, 0.05) is 22.2 Å². The number of rotatable bonds is 7. The molecular weight excluding hydrogens is 513 g/mol. The van der Waals surface area contributed by atoms with Crippen molar-refractivity contribution in [1.82, 2.24) is 4.98 Å². The number of aliphatic hydroxyl groups is 1. The van der Waals surface area contributed by atoms with E-state index in [1.54, 1.807) is 24.4 Å². The molecule has 1 aromatic heterocycles. The van der Waals surface area contributed by atoms with Crippen LogP contribution in [0.5, 0.6) is 11.5 Å². The second-order valence-corrected chi connectivity index (χ2v) is 9.05. The van der Waals surface area contributed by atoms with Gasteiger partial charge in [-0.25, -0.2) is 0 Å². The van der Waals surface area contributed by atoms with E-state index < -0.39 is 0 Å². The summed E-state index contributed by atoms with van der Waals surface area (Å²) in [6, 6.07) is 28.1. The molecule has 4 aromatic rings. The first-order valence-corrected chi connectivity index (χ1v) is 14.0. The molecule has 0 radical (unpaired) electrons. The Hall–Kier alpha value is -4.22. The van der Waals surface area contributed by atoms with E-state index in [1.807, 2.05) is 57.2 Å². The Morgan fingerprint density at radius 3 is 2.17 bits per heavy atom. The highest BCUT2D eigenvalue weighted by Crippen LogP contribution is 2.47. The fourth-order valence-electron chi connectivity index (χ4n) is 4.89. The van der Waals surface area contributed by atoms with Crippen LogP contribution >= 0.6 is 0 Å². The summed E-state index contributed by atoms with van der Waals surface area (Å²) in [6.45, 7) is 15.6. The normalized spacial score (nSPS) is 14.8. The van der Waals surface area contributed by atoms with Gasteiger partial charge in [0.05, 0.1) is 12.3 Å². The van der Waals surface area contributed by atoms with Crippen molar-refractivity contribution in [2.75, 3.05) is 0 Å². The SMILES string of the molecule is C=C.C=CC.CC.OCc1ccc(COc2ccc(C3c4ccc(OF)cc4CC[C@@H]3c3ccccc3)cc2)cn1. The number of aliphatic hydroxyl groups excluding tert-OH is 1. The molecule has 1 unspecified atom stereocenters. The molecule has 5 heteroatoms. The first kappa shape index (κ1) is 33.0. The molecule has 0 amide bonds. The molecule has 4 nitrogen and oxygen atoms in total. The smallest absolute Gasteiger partial charge is 0.172 e. The van der Waals surface area contributed by atoms with Crippen molar-refractivity contribution >= 4 is 0 Å². The quantitative estimate of drug-likeness (QED) is 0.231. The summed E-state index contributed by atoms with van der Waals surface area (Å²) in [5, 5.41) is 9.13. The largest absolute Gasteiger partial charge is 0.489 e. The Labute approximate surface area is 244 Å². The predicted molar refractivity (Wildman–Crippen MR) is 167 cm³/mol. The van der Waals surface area contributed by atoms with Crippen LogP contribution in [0.2, 0.25) is 0 Å². The zero-order valence-electron chi connectivity index (χ0n) is 24.4. The van der Waals surface area contributed by atoms with Crippen LogP contribution in [0, 0.1) is 0 Å². The molecule has 1 heterocycles. The highest BCUT2D eigenvalue weighted by Gasteiger charge is 2.32. The summed E-state index contributed by atoms with van der Waals surface area (Å²) in [5.41, 5.74) is 6.43. The minimum absolute atomic E-state index is 0.0705. The van der Waals surface area contributed by atoms with E-state index >= 15 is 0 Å². The fraction of sp³-hybridized carbons (Fsp3) is 0.250. The fourth-order valence-corrected chi connectivity index (χ4v) is 4.89. The number of ether oxygens (including phenoxy) is 1. The molecule has 0 saturated heterocycles. The molecule has 0 saturated carbocycles. The van der Waals surface area contributed by atoms with E-state index in [1.165, 1.54) is 16.7 Å². The van der Waals surface area contributed by atoms with Gasteiger partial charge < -0.3 is 9.84 Å². The van der Waals surface area contributed by atoms with Crippen LogP contribution in [0.1, 0.15) is 72.5 Å². The number of aryl methyl sites for hydroxylation is 1. The minimum Gasteiger partial charge on any atom is -0.489 e. The number of nitrogens with zero attached hydrogens (tertiary/aromatic N) is 1. The number of benzene rings is 3. The van der Waals surface area contributed by atoms with Crippen molar-refractivity contribution in [3.63, 3.8) is 0 Å². The molecule has 0 fully saturated rings. The van der Waals surface area contributed by atoms with Gasteiger partial charge in [0.2, 0.25) is 0 Å². The van der Waals surface area contributed by atoms with Gasteiger partial charge in [-0.2, -0.15) is 0 Å². The minimum atomic E-state index is -0.0705. The highest BCUT2D eigenvalue weighted by molar-refractivity contribution is 5.48. The van der Waals surface area contributed by atoms with E-state index in [9.17, 15) is 4.53 Å². The van der Waals surface area contributed by atoms with Gasteiger partial charge in [-0.05, 0) is 78.3 Å². The van der Waals surface area contributed by atoms with Crippen molar-refractivity contribution in [2.45, 2.75) is 58.7 Å². The van der Waals surface area contributed by atoms with E-state index in [2.05, 4.69) is 66.1 Å². The zero-order chi connectivity index (χ0) is 30.0.